The van der Waals surface area contributed by atoms with Gasteiger partial charge in [-0.15, -0.1) is 0 Å². The molecule has 0 radical (unpaired) electrons. The molecule has 0 aliphatic carbocycles. The maximum atomic E-state index is 14.0. The summed E-state index contributed by atoms with van der Waals surface area (Å²) >= 11 is 0. The minimum Gasteiger partial charge on any atom is -0.366 e. The zero-order chi connectivity index (χ0) is 14.2. The average molecular weight is 268 g/mol. The summed E-state index contributed by atoms with van der Waals surface area (Å²) in [5.41, 5.74) is 6.18. The smallest absolute Gasteiger partial charge is 0.149 e. The average Bonchev–Trinajstić information content (AvgIpc) is 2.76. The van der Waals surface area contributed by atoms with E-state index >= 15 is 0 Å². The van der Waals surface area contributed by atoms with Crippen LogP contribution in [0.25, 0.3) is 0 Å². The third-order valence-corrected chi connectivity index (χ3v) is 4.04. The van der Waals surface area contributed by atoms with Crippen molar-refractivity contribution in [3.8, 4) is 0 Å². The summed E-state index contributed by atoms with van der Waals surface area (Å²) in [6, 6.07) is 2.67. The Bertz CT molecular complexity index is 443. The first kappa shape index (κ1) is 14.3. The van der Waals surface area contributed by atoms with Crippen LogP contribution in [0.3, 0.4) is 0 Å². The van der Waals surface area contributed by atoms with Crippen molar-refractivity contribution in [1.29, 1.82) is 0 Å². The van der Waals surface area contributed by atoms with Crippen molar-refractivity contribution in [2.24, 2.45) is 17.1 Å². The van der Waals surface area contributed by atoms with E-state index in [0.29, 0.717) is 24.6 Å². The Balaban J connectivity index is 2.25. The summed E-state index contributed by atoms with van der Waals surface area (Å²) in [6.07, 6.45) is 0.973. The maximum absolute atomic E-state index is 14.0. The molecule has 2 N–H and O–H groups in total. The minimum absolute atomic E-state index is 0.101. The molecule has 1 saturated heterocycles. The van der Waals surface area contributed by atoms with Crippen molar-refractivity contribution < 1.29 is 8.78 Å². The van der Waals surface area contributed by atoms with Gasteiger partial charge in [-0.2, -0.15) is 0 Å². The Hall–Kier alpha value is -1.16. The Kier molecular flexibility index (Phi) is 3.81. The van der Waals surface area contributed by atoms with Gasteiger partial charge < -0.3 is 10.6 Å². The van der Waals surface area contributed by atoms with Crippen LogP contribution < -0.4 is 10.6 Å². The fourth-order valence-electron chi connectivity index (χ4n) is 2.71. The van der Waals surface area contributed by atoms with Gasteiger partial charge in [-0.1, -0.05) is 20.8 Å². The number of nitrogens with zero attached hydrogens (tertiary/aromatic N) is 1. The molecule has 0 spiro atoms. The quantitative estimate of drug-likeness (QED) is 0.891. The molecule has 0 aromatic heterocycles. The standard InChI is InChI=1S/C15H22F2N2/c1-15(2,3)11-4-5-19(9-11)14-12(16)6-10(8-18)7-13(14)17/h6-7,11H,4-5,8-9,18H2,1-3H3. The first-order valence-electron chi connectivity index (χ1n) is 6.76. The third-order valence-electron chi connectivity index (χ3n) is 4.04. The lowest BCUT2D eigenvalue weighted by Crippen LogP contribution is -2.27. The van der Waals surface area contributed by atoms with Gasteiger partial charge in [-0.3, -0.25) is 0 Å². The van der Waals surface area contributed by atoms with Crippen molar-refractivity contribution in [3.05, 3.63) is 29.3 Å². The Morgan fingerprint density at radius 3 is 2.26 bits per heavy atom. The highest BCUT2D eigenvalue weighted by Crippen LogP contribution is 2.37. The number of hydrogen-bond acceptors (Lipinski definition) is 2. The molecule has 1 aromatic rings. The fourth-order valence-corrected chi connectivity index (χ4v) is 2.71. The lowest BCUT2D eigenvalue weighted by atomic mass is 9.80. The Morgan fingerprint density at radius 2 is 1.84 bits per heavy atom. The number of anilines is 1. The van der Waals surface area contributed by atoms with Crippen molar-refractivity contribution in [3.63, 3.8) is 0 Å². The van der Waals surface area contributed by atoms with Crippen LogP contribution in [0.4, 0.5) is 14.5 Å². The third kappa shape index (κ3) is 2.89. The molecular weight excluding hydrogens is 246 g/mol. The van der Waals surface area contributed by atoms with E-state index in [4.69, 9.17) is 5.73 Å². The largest absolute Gasteiger partial charge is 0.366 e. The topological polar surface area (TPSA) is 29.3 Å². The van der Waals surface area contributed by atoms with Crippen LogP contribution in [-0.2, 0) is 6.54 Å². The molecule has 0 amide bonds. The van der Waals surface area contributed by atoms with Crippen LogP contribution in [0.1, 0.15) is 32.8 Å². The second kappa shape index (κ2) is 5.08. The minimum atomic E-state index is -0.505. The first-order valence-corrected chi connectivity index (χ1v) is 6.76. The molecule has 106 valence electrons. The Morgan fingerprint density at radius 1 is 1.26 bits per heavy atom. The molecule has 4 heteroatoms. The van der Waals surface area contributed by atoms with Crippen LogP contribution in [0.2, 0.25) is 0 Å². The van der Waals surface area contributed by atoms with Crippen molar-refractivity contribution in [2.45, 2.75) is 33.7 Å². The molecule has 2 rings (SSSR count). The zero-order valence-electron chi connectivity index (χ0n) is 11.8. The van der Waals surface area contributed by atoms with E-state index in [1.807, 2.05) is 4.90 Å². The second-order valence-electron chi connectivity index (χ2n) is 6.41. The summed E-state index contributed by atoms with van der Waals surface area (Å²) in [4.78, 5) is 1.82. The van der Waals surface area contributed by atoms with E-state index in [1.54, 1.807) is 0 Å². The highest BCUT2D eigenvalue weighted by atomic mass is 19.1. The predicted octanol–water partition coefficient (Wildman–Crippen LogP) is 3.30. The summed E-state index contributed by atoms with van der Waals surface area (Å²) in [7, 11) is 0. The van der Waals surface area contributed by atoms with Gasteiger partial charge >= 0.3 is 0 Å². The van der Waals surface area contributed by atoms with Crippen LogP contribution in [0, 0.1) is 23.0 Å². The van der Waals surface area contributed by atoms with Crippen LogP contribution in [0.15, 0.2) is 12.1 Å². The first-order chi connectivity index (χ1) is 8.82. The van der Waals surface area contributed by atoms with E-state index in [2.05, 4.69) is 20.8 Å². The second-order valence-corrected chi connectivity index (χ2v) is 6.41. The molecule has 1 aromatic carbocycles. The molecule has 0 bridgehead atoms. The molecule has 1 aliphatic rings. The lowest BCUT2D eigenvalue weighted by molar-refractivity contribution is 0.263. The molecule has 1 heterocycles. The molecular formula is C15H22F2N2. The van der Waals surface area contributed by atoms with E-state index in [-0.39, 0.29) is 17.6 Å². The SMILES string of the molecule is CC(C)(C)C1CCN(c2c(F)cc(CN)cc2F)C1. The van der Waals surface area contributed by atoms with Crippen molar-refractivity contribution in [2.75, 3.05) is 18.0 Å². The van der Waals surface area contributed by atoms with Gasteiger partial charge in [-0.25, -0.2) is 8.78 Å². The van der Waals surface area contributed by atoms with E-state index < -0.39 is 11.6 Å². The predicted molar refractivity (Wildman–Crippen MR) is 74.0 cm³/mol. The number of nitrogens with two attached hydrogens (primary N) is 1. The molecule has 2 nitrogen and oxygen atoms in total. The summed E-state index contributed by atoms with van der Waals surface area (Å²) in [5, 5.41) is 0. The highest BCUT2D eigenvalue weighted by Gasteiger charge is 2.33. The molecule has 1 atom stereocenters. The number of benzene rings is 1. The molecule has 1 unspecified atom stereocenters. The lowest BCUT2D eigenvalue weighted by Gasteiger charge is -2.27. The summed E-state index contributed by atoms with van der Waals surface area (Å²) in [5.74, 6) is -0.550. The molecule has 0 saturated carbocycles. The van der Waals surface area contributed by atoms with Gasteiger partial charge in [0.2, 0.25) is 0 Å². The highest BCUT2D eigenvalue weighted by molar-refractivity contribution is 5.51. The van der Waals surface area contributed by atoms with Crippen molar-refractivity contribution >= 4 is 5.69 Å². The van der Waals surface area contributed by atoms with Crippen molar-refractivity contribution in [1.82, 2.24) is 0 Å². The monoisotopic (exact) mass is 268 g/mol. The molecule has 19 heavy (non-hydrogen) atoms. The van der Waals surface area contributed by atoms with Gasteiger partial charge in [0.1, 0.15) is 17.3 Å². The normalized spacial score (nSPS) is 20.1. The maximum Gasteiger partial charge on any atom is 0.149 e. The van der Waals surface area contributed by atoms with Crippen LogP contribution >= 0.6 is 0 Å². The zero-order valence-corrected chi connectivity index (χ0v) is 11.8. The van der Waals surface area contributed by atoms with E-state index in [1.165, 1.54) is 12.1 Å². The number of hydrogen-bond donors (Lipinski definition) is 1. The van der Waals surface area contributed by atoms with Gasteiger partial charge in [-0.05, 0) is 35.4 Å². The number of rotatable bonds is 2. The molecule has 1 aliphatic heterocycles. The van der Waals surface area contributed by atoms with Crippen LogP contribution in [0.5, 0.6) is 0 Å². The van der Waals surface area contributed by atoms with Gasteiger partial charge in [0.15, 0.2) is 0 Å². The molecule has 1 fully saturated rings. The Labute approximate surface area is 113 Å². The fraction of sp³-hybridized carbons (Fsp3) is 0.600. The summed E-state index contributed by atoms with van der Waals surface area (Å²) < 4.78 is 28.1. The van der Waals surface area contributed by atoms with Gasteiger partial charge in [0.25, 0.3) is 0 Å². The van der Waals surface area contributed by atoms with Crippen LogP contribution in [-0.4, -0.2) is 13.1 Å². The number of halogens is 2. The van der Waals surface area contributed by atoms with Gasteiger partial charge in [0.05, 0.1) is 0 Å². The summed E-state index contributed by atoms with van der Waals surface area (Å²) in [6.45, 7) is 8.08. The van der Waals surface area contributed by atoms with E-state index in [9.17, 15) is 8.78 Å². The van der Waals surface area contributed by atoms with Gasteiger partial charge in [0, 0.05) is 19.6 Å². The van der Waals surface area contributed by atoms with E-state index in [0.717, 1.165) is 6.42 Å².